The van der Waals surface area contributed by atoms with Gasteiger partial charge >= 0.3 is 5.97 Å². The molecule has 92 valence electrons. The molecular formula is C13H23NO2. The van der Waals surface area contributed by atoms with Gasteiger partial charge in [-0.25, -0.2) is 0 Å². The van der Waals surface area contributed by atoms with Gasteiger partial charge in [0.1, 0.15) is 6.04 Å². The summed E-state index contributed by atoms with van der Waals surface area (Å²) in [5.74, 6) is 1.23. The molecule has 16 heavy (non-hydrogen) atoms. The molecule has 0 bridgehead atoms. The monoisotopic (exact) mass is 225 g/mol. The molecule has 0 N–H and O–H groups in total. The number of piperidine rings is 1. The molecule has 1 heterocycles. The van der Waals surface area contributed by atoms with E-state index < -0.39 is 0 Å². The lowest BCUT2D eigenvalue weighted by Crippen LogP contribution is -2.52. The number of nitrogens with zero attached hydrogens (tertiary/aromatic N) is 1. The lowest BCUT2D eigenvalue weighted by Gasteiger charge is -2.41. The molecule has 0 amide bonds. The highest BCUT2D eigenvalue weighted by Crippen LogP contribution is 2.39. The van der Waals surface area contributed by atoms with E-state index in [1.165, 1.54) is 32.8 Å². The van der Waals surface area contributed by atoms with Gasteiger partial charge in [-0.3, -0.25) is 9.69 Å². The van der Waals surface area contributed by atoms with Crippen molar-refractivity contribution in [2.75, 3.05) is 13.7 Å². The zero-order chi connectivity index (χ0) is 11.7. The van der Waals surface area contributed by atoms with Crippen LogP contribution in [0.15, 0.2) is 0 Å². The van der Waals surface area contributed by atoms with Gasteiger partial charge in [-0.15, -0.1) is 0 Å². The van der Waals surface area contributed by atoms with E-state index in [1.807, 2.05) is 0 Å². The van der Waals surface area contributed by atoms with E-state index in [0.29, 0.717) is 17.9 Å². The van der Waals surface area contributed by atoms with Crippen molar-refractivity contribution in [3.8, 4) is 0 Å². The highest BCUT2D eigenvalue weighted by atomic mass is 16.5. The predicted molar refractivity (Wildman–Crippen MR) is 63.1 cm³/mol. The van der Waals surface area contributed by atoms with Crippen LogP contribution in [-0.2, 0) is 9.53 Å². The van der Waals surface area contributed by atoms with Crippen LogP contribution >= 0.6 is 0 Å². The molecule has 1 aliphatic heterocycles. The standard InChI is InChI=1S/C13H23NO2/c1-9-5-4-8-14(10(9)2)12(11-6-7-11)13(15)16-3/h9-12H,4-8H2,1-3H3. The van der Waals surface area contributed by atoms with Gasteiger partial charge in [-0.2, -0.15) is 0 Å². The average Bonchev–Trinajstić information content (AvgIpc) is 3.08. The second-order valence-corrected chi connectivity index (χ2v) is 5.40. The topological polar surface area (TPSA) is 29.5 Å². The smallest absolute Gasteiger partial charge is 0.323 e. The molecule has 3 heteroatoms. The minimum absolute atomic E-state index is 0.0246. The van der Waals surface area contributed by atoms with Crippen LogP contribution in [0.3, 0.4) is 0 Å². The molecule has 2 rings (SSSR count). The molecule has 0 aromatic carbocycles. The SMILES string of the molecule is COC(=O)C(C1CC1)N1CCCC(C)C1C. The van der Waals surface area contributed by atoms with E-state index in [4.69, 9.17) is 4.74 Å². The summed E-state index contributed by atoms with van der Waals surface area (Å²) >= 11 is 0. The fourth-order valence-corrected chi connectivity index (χ4v) is 2.89. The molecule has 0 spiro atoms. The third-order valence-corrected chi connectivity index (χ3v) is 4.29. The van der Waals surface area contributed by atoms with Gasteiger partial charge in [-0.05, 0) is 51.0 Å². The minimum atomic E-state index is -0.0246. The summed E-state index contributed by atoms with van der Waals surface area (Å²) in [4.78, 5) is 14.3. The number of carbonyl (C=O) groups excluding carboxylic acids is 1. The highest BCUT2D eigenvalue weighted by Gasteiger charge is 2.44. The van der Waals surface area contributed by atoms with Crippen molar-refractivity contribution >= 4 is 5.97 Å². The van der Waals surface area contributed by atoms with Crippen molar-refractivity contribution in [1.82, 2.24) is 4.90 Å². The van der Waals surface area contributed by atoms with Crippen LogP contribution in [0.1, 0.15) is 39.5 Å². The molecule has 0 radical (unpaired) electrons. The lowest BCUT2D eigenvalue weighted by molar-refractivity contribution is -0.150. The highest BCUT2D eigenvalue weighted by molar-refractivity contribution is 5.76. The van der Waals surface area contributed by atoms with Gasteiger partial charge in [0.05, 0.1) is 7.11 Å². The number of rotatable bonds is 3. The van der Waals surface area contributed by atoms with Gasteiger partial charge in [0.15, 0.2) is 0 Å². The molecule has 1 saturated heterocycles. The van der Waals surface area contributed by atoms with Crippen LogP contribution in [-0.4, -0.2) is 36.6 Å². The van der Waals surface area contributed by atoms with Gasteiger partial charge < -0.3 is 4.74 Å². The first-order valence-corrected chi connectivity index (χ1v) is 6.48. The number of methoxy groups -OCH3 is 1. The molecule has 0 aromatic rings. The van der Waals surface area contributed by atoms with Crippen molar-refractivity contribution in [3.05, 3.63) is 0 Å². The fourth-order valence-electron chi connectivity index (χ4n) is 2.89. The second-order valence-electron chi connectivity index (χ2n) is 5.40. The van der Waals surface area contributed by atoms with E-state index in [2.05, 4.69) is 18.7 Å². The maximum atomic E-state index is 11.9. The Kier molecular flexibility index (Phi) is 3.53. The molecule has 0 aromatic heterocycles. The Bertz CT molecular complexity index is 263. The van der Waals surface area contributed by atoms with Crippen LogP contribution in [0.4, 0.5) is 0 Å². The third kappa shape index (κ3) is 2.24. The molecule has 3 nitrogen and oxygen atoms in total. The zero-order valence-corrected chi connectivity index (χ0v) is 10.6. The van der Waals surface area contributed by atoms with E-state index in [1.54, 1.807) is 0 Å². The number of hydrogen-bond acceptors (Lipinski definition) is 3. The Morgan fingerprint density at radius 2 is 2.00 bits per heavy atom. The first-order valence-electron chi connectivity index (χ1n) is 6.48. The fraction of sp³-hybridized carbons (Fsp3) is 0.923. The molecule has 2 aliphatic rings. The van der Waals surface area contributed by atoms with Gasteiger partial charge in [-0.1, -0.05) is 6.92 Å². The van der Waals surface area contributed by atoms with Crippen LogP contribution in [0.2, 0.25) is 0 Å². The van der Waals surface area contributed by atoms with Crippen molar-refractivity contribution < 1.29 is 9.53 Å². The largest absolute Gasteiger partial charge is 0.468 e. The summed E-state index contributed by atoms with van der Waals surface area (Å²) in [5.41, 5.74) is 0. The lowest BCUT2D eigenvalue weighted by atomic mass is 9.90. The maximum absolute atomic E-state index is 11.9. The van der Waals surface area contributed by atoms with Gasteiger partial charge in [0.25, 0.3) is 0 Å². The number of ether oxygens (including phenoxy) is 1. The first-order chi connectivity index (χ1) is 7.65. The zero-order valence-electron chi connectivity index (χ0n) is 10.6. The summed E-state index contributed by atoms with van der Waals surface area (Å²) in [6.07, 6.45) is 4.89. The first kappa shape index (κ1) is 11.9. The average molecular weight is 225 g/mol. The Morgan fingerprint density at radius 1 is 1.31 bits per heavy atom. The van der Waals surface area contributed by atoms with Crippen molar-refractivity contribution in [2.45, 2.75) is 51.6 Å². The number of likely N-dealkylation sites (tertiary alicyclic amines) is 1. The summed E-state index contributed by atoms with van der Waals surface area (Å²) in [6.45, 7) is 5.60. The quantitative estimate of drug-likeness (QED) is 0.689. The van der Waals surface area contributed by atoms with Gasteiger partial charge in [0, 0.05) is 6.04 Å². The van der Waals surface area contributed by atoms with Crippen LogP contribution in [0.25, 0.3) is 0 Å². The Labute approximate surface area is 98.1 Å². The summed E-state index contributed by atoms with van der Waals surface area (Å²) < 4.78 is 4.97. The summed E-state index contributed by atoms with van der Waals surface area (Å²) in [6, 6.07) is 0.543. The van der Waals surface area contributed by atoms with Crippen LogP contribution in [0.5, 0.6) is 0 Å². The normalized spacial score (nSPS) is 33.4. The predicted octanol–water partition coefficient (Wildman–Crippen LogP) is 2.06. The van der Waals surface area contributed by atoms with Gasteiger partial charge in [0.2, 0.25) is 0 Å². The molecular weight excluding hydrogens is 202 g/mol. The van der Waals surface area contributed by atoms with Crippen LogP contribution < -0.4 is 0 Å². The van der Waals surface area contributed by atoms with Crippen molar-refractivity contribution in [3.63, 3.8) is 0 Å². The number of esters is 1. The van der Waals surface area contributed by atoms with E-state index in [0.717, 1.165) is 6.54 Å². The van der Waals surface area contributed by atoms with Crippen LogP contribution in [0, 0.1) is 11.8 Å². The van der Waals surface area contributed by atoms with Crippen molar-refractivity contribution in [2.24, 2.45) is 11.8 Å². The van der Waals surface area contributed by atoms with E-state index >= 15 is 0 Å². The second kappa shape index (κ2) is 4.74. The minimum Gasteiger partial charge on any atom is -0.468 e. The number of hydrogen-bond donors (Lipinski definition) is 0. The Hall–Kier alpha value is -0.570. The Balaban J connectivity index is 2.09. The van der Waals surface area contributed by atoms with E-state index in [9.17, 15) is 4.79 Å². The number of carbonyl (C=O) groups is 1. The Morgan fingerprint density at radius 3 is 2.56 bits per heavy atom. The van der Waals surface area contributed by atoms with Crippen molar-refractivity contribution in [1.29, 1.82) is 0 Å². The summed E-state index contributed by atoms with van der Waals surface area (Å²) in [7, 11) is 1.51. The molecule has 1 saturated carbocycles. The maximum Gasteiger partial charge on any atom is 0.323 e. The molecule has 3 unspecified atom stereocenters. The molecule has 3 atom stereocenters. The molecule has 1 aliphatic carbocycles. The van der Waals surface area contributed by atoms with E-state index in [-0.39, 0.29) is 12.0 Å². The third-order valence-electron chi connectivity index (χ3n) is 4.29. The molecule has 2 fully saturated rings. The summed E-state index contributed by atoms with van der Waals surface area (Å²) in [5, 5.41) is 0.